The molecule has 1 aliphatic rings. The molecule has 1 N–H and O–H groups in total. The standard InChI is InChI=1S/C18H17ClN2O6S/c1-3-5-21-17(25)11(16(24)20-18(21)28)6-10-7-12(19)15(27-9-14(22)23)13(8-10)26-4-2/h3,6-8H,1,4-5,9H2,2H3,(H,22,23)(H,20,24,28)/p-1/b11-6-. The molecule has 0 atom stereocenters. The molecule has 2 rings (SSSR count). The highest BCUT2D eigenvalue weighted by Crippen LogP contribution is 2.37. The largest absolute Gasteiger partial charge is 0.546 e. The fraction of sp³-hybridized carbons (Fsp3) is 0.222. The maximum atomic E-state index is 12.6. The molecule has 8 nitrogen and oxygen atoms in total. The molecule has 1 heterocycles. The maximum Gasteiger partial charge on any atom is 0.265 e. The van der Waals surface area contributed by atoms with Crippen LogP contribution in [0.5, 0.6) is 11.5 Å². The summed E-state index contributed by atoms with van der Waals surface area (Å²) in [7, 11) is 0. The zero-order chi connectivity index (χ0) is 20.8. The molecule has 0 bridgehead atoms. The Morgan fingerprint density at radius 3 is 2.71 bits per heavy atom. The van der Waals surface area contributed by atoms with Gasteiger partial charge in [0.2, 0.25) is 0 Å². The van der Waals surface area contributed by atoms with Crippen LogP contribution in [0.15, 0.2) is 30.4 Å². The van der Waals surface area contributed by atoms with Crippen molar-refractivity contribution < 1.29 is 29.0 Å². The Labute approximate surface area is 171 Å². The number of hydrogen-bond acceptors (Lipinski definition) is 7. The van der Waals surface area contributed by atoms with E-state index in [2.05, 4.69) is 11.9 Å². The minimum atomic E-state index is -1.42. The molecular weight excluding hydrogens is 408 g/mol. The van der Waals surface area contributed by atoms with Crippen LogP contribution in [0.2, 0.25) is 5.02 Å². The predicted molar refractivity (Wildman–Crippen MR) is 104 cm³/mol. The molecule has 148 valence electrons. The number of carbonyl (C=O) groups excluding carboxylic acids is 3. The Kier molecular flexibility index (Phi) is 7.13. The molecule has 1 saturated heterocycles. The van der Waals surface area contributed by atoms with Crippen LogP contribution in [0.4, 0.5) is 0 Å². The number of halogens is 1. The summed E-state index contributed by atoms with van der Waals surface area (Å²) in [5.41, 5.74) is 0.219. The normalized spacial score (nSPS) is 15.4. The molecule has 0 saturated carbocycles. The molecule has 1 aromatic carbocycles. The average molecular weight is 424 g/mol. The predicted octanol–water partition coefficient (Wildman–Crippen LogP) is 0.680. The Hall–Kier alpha value is -2.91. The quantitative estimate of drug-likeness (QED) is 0.283. The molecule has 1 fully saturated rings. The van der Waals surface area contributed by atoms with Crippen molar-refractivity contribution in [3.63, 3.8) is 0 Å². The van der Waals surface area contributed by atoms with Gasteiger partial charge < -0.3 is 19.4 Å². The third-order valence-corrected chi connectivity index (χ3v) is 4.08. The first-order valence-corrected chi connectivity index (χ1v) is 8.85. The molecule has 28 heavy (non-hydrogen) atoms. The fourth-order valence-electron chi connectivity index (χ4n) is 2.36. The number of carbonyl (C=O) groups is 3. The lowest BCUT2D eigenvalue weighted by Crippen LogP contribution is -2.53. The van der Waals surface area contributed by atoms with Crippen LogP contribution in [0, 0.1) is 0 Å². The van der Waals surface area contributed by atoms with Crippen LogP contribution in [0.1, 0.15) is 12.5 Å². The van der Waals surface area contributed by atoms with Crippen molar-refractivity contribution in [2.75, 3.05) is 19.8 Å². The van der Waals surface area contributed by atoms with Crippen molar-refractivity contribution in [1.29, 1.82) is 0 Å². The number of nitrogens with one attached hydrogen (secondary N) is 1. The minimum absolute atomic E-state index is 0.00823. The van der Waals surface area contributed by atoms with Gasteiger partial charge in [-0.15, -0.1) is 6.58 Å². The highest BCUT2D eigenvalue weighted by molar-refractivity contribution is 7.80. The lowest BCUT2D eigenvalue weighted by molar-refractivity contribution is -0.307. The number of benzene rings is 1. The minimum Gasteiger partial charge on any atom is -0.546 e. The van der Waals surface area contributed by atoms with Gasteiger partial charge in [0.05, 0.1) is 17.6 Å². The van der Waals surface area contributed by atoms with Crippen LogP contribution in [-0.2, 0) is 14.4 Å². The van der Waals surface area contributed by atoms with Gasteiger partial charge in [-0.3, -0.25) is 19.8 Å². The van der Waals surface area contributed by atoms with Crippen molar-refractivity contribution in [3.8, 4) is 11.5 Å². The number of nitrogens with zero attached hydrogens (tertiary/aromatic N) is 1. The average Bonchev–Trinajstić information content (AvgIpc) is 2.61. The van der Waals surface area contributed by atoms with Crippen molar-refractivity contribution in [2.24, 2.45) is 0 Å². The number of hydrogen-bond donors (Lipinski definition) is 1. The van der Waals surface area contributed by atoms with Gasteiger partial charge >= 0.3 is 0 Å². The number of carboxylic acid groups (broad SMARTS) is 1. The van der Waals surface area contributed by atoms with Gasteiger partial charge in [0.25, 0.3) is 11.8 Å². The van der Waals surface area contributed by atoms with Gasteiger partial charge in [-0.1, -0.05) is 17.7 Å². The van der Waals surface area contributed by atoms with Gasteiger partial charge in [-0.25, -0.2) is 0 Å². The lowest BCUT2D eigenvalue weighted by atomic mass is 10.1. The zero-order valence-electron chi connectivity index (χ0n) is 14.8. The van der Waals surface area contributed by atoms with E-state index in [-0.39, 0.29) is 40.4 Å². The summed E-state index contributed by atoms with van der Waals surface area (Å²) in [6, 6.07) is 2.88. The summed E-state index contributed by atoms with van der Waals surface area (Å²) in [4.78, 5) is 36.6. The second-order valence-corrected chi connectivity index (χ2v) is 6.24. The van der Waals surface area contributed by atoms with E-state index in [9.17, 15) is 19.5 Å². The van der Waals surface area contributed by atoms with Gasteiger partial charge in [-0.2, -0.15) is 0 Å². The van der Waals surface area contributed by atoms with Gasteiger partial charge in [0.15, 0.2) is 16.6 Å². The molecule has 0 aromatic heterocycles. The van der Waals surface area contributed by atoms with E-state index in [0.717, 1.165) is 0 Å². The van der Waals surface area contributed by atoms with E-state index in [4.69, 9.17) is 33.3 Å². The maximum absolute atomic E-state index is 12.6. The van der Waals surface area contributed by atoms with Crippen LogP contribution >= 0.6 is 23.8 Å². The monoisotopic (exact) mass is 423 g/mol. The van der Waals surface area contributed by atoms with E-state index in [1.807, 2.05) is 0 Å². The summed E-state index contributed by atoms with van der Waals surface area (Å²) in [5.74, 6) is -2.48. The highest BCUT2D eigenvalue weighted by Gasteiger charge is 2.32. The Balaban J connectivity index is 2.44. The molecule has 10 heteroatoms. The number of carboxylic acids is 1. The second kappa shape index (κ2) is 9.34. The molecule has 0 unspecified atom stereocenters. The van der Waals surface area contributed by atoms with Crippen molar-refractivity contribution >= 4 is 52.8 Å². The van der Waals surface area contributed by atoms with E-state index in [0.29, 0.717) is 5.56 Å². The Bertz CT molecular complexity index is 883. The number of thiocarbonyl (C=S) groups is 1. The fourth-order valence-corrected chi connectivity index (χ4v) is 2.88. The molecule has 1 aliphatic heterocycles. The zero-order valence-corrected chi connectivity index (χ0v) is 16.4. The molecular formula is C18H16ClN2O6S-. The smallest absolute Gasteiger partial charge is 0.265 e. The van der Waals surface area contributed by atoms with E-state index < -0.39 is 24.4 Å². The molecule has 0 radical (unpaired) electrons. The first-order chi connectivity index (χ1) is 13.3. The summed E-state index contributed by atoms with van der Waals surface area (Å²) < 4.78 is 10.5. The van der Waals surface area contributed by atoms with Crippen LogP contribution in [0.25, 0.3) is 6.08 Å². The van der Waals surface area contributed by atoms with Crippen molar-refractivity contribution in [2.45, 2.75) is 6.92 Å². The van der Waals surface area contributed by atoms with Crippen LogP contribution < -0.4 is 19.9 Å². The first kappa shape index (κ1) is 21.4. The van der Waals surface area contributed by atoms with E-state index in [1.54, 1.807) is 6.92 Å². The molecule has 0 aliphatic carbocycles. The van der Waals surface area contributed by atoms with E-state index >= 15 is 0 Å². The molecule has 1 aromatic rings. The first-order valence-electron chi connectivity index (χ1n) is 8.07. The summed E-state index contributed by atoms with van der Waals surface area (Å²) in [6.07, 6.45) is 2.80. The number of ether oxygens (including phenoxy) is 2. The third kappa shape index (κ3) is 4.87. The summed E-state index contributed by atoms with van der Waals surface area (Å²) in [6.45, 7) is 4.94. The second-order valence-electron chi connectivity index (χ2n) is 5.45. The number of amides is 2. The van der Waals surface area contributed by atoms with Crippen molar-refractivity contribution in [3.05, 3.63) is 40.9 Å². The topological polar surface area (TPSA) is 108 Å². The SMILES string of the molecule is C=CCN1C(=O)/C(=C\c2cc(Cl)c(OCC(=O)[O-])c(OCC)c2)C(=O)NC1=S. The highest BCUT2D eigenvalue weighted by atomic mass is 35.5. The lowest BCUT2D eigenvalue weighted by Gasteiger charge is -2.27. The summed E-state index contributed by atoms with van der Waals surface area (Å²) in [5, 5.41) is 13.1. The van der Waals surface area contributed by atoms with Crippen LogP contribution in [0.3, 0.4) is 0 Å². The van der Waals surface area contributed by atoms with Crippen LogP contribution in [-0.4, -0.2) is 47.6 Å². The number of rotatable bonds is 8. The Morgan fingerprint density at radius 2 is 2.11 bits per heavy atom. The van der Waals surface area contributed by atoms with Gasteiger partial charge in [-0.05, 0) is 42.9 Å². The van der Waals surface area contributed by atoms with Crippen molar-refractivity contribution in [1.82, 2.24) is 10.2 Å². The molecule has 2 amide bonds. The third-order valence-electron chi connectivity index (χ3n) is 3.47. The van der Waals surface area contributed by atoms with Gasteiger partial charge in [0, 0.05) is 6.54 Å². The molecule has 0 spiro atoms. The van der Waals surface area contributed by atoms with Gasteiger partial charge in [0.1, 0.15) is 12.2 Å². The summed E-state index contributed by atoms with van der Waals surface area (Å²) >= 11 is 11.2. The number of aliphatic carboxylic acids is 1. The Morgan fingerprint density at radius 1 is 1.39 bits per heavy atom. The van der Waals surface area contributed by atoms with E-state index in [1.165, 1.54) is 29.2 Å².